The molecule has 0 bridgehead atoms. The number of hydrogen-bond donors (Lipinski definition) is 2. The number of nitrogens with zero attached hydrogens (tertiary/aromatic N) is 1. The van der Waals surface area contributed by atoms with Crippen molar-refractivity contribution in [3.8, 4) is 5.75 Å². The Labute approximate surface area is 172 Å². The number of para-hydroxylation sites is 1. The van der Waals surface area contributed by atoms with Gasteiger partial charge in [0.25, 0.3) is 0 Å². The van der Waals surface area contributed by atoms with Crippen LogP contribution in [0.2, 0.25) is 0 Å². The first-order valence-electron chi connectivity index (χ1n) is 7.90. The summed E-state index contributed by atoms with van der Waals surface area (Å²) in [7, 11) is 1.55. The SMILES string of the molecule is CN=C(NCCc1cc(F)cc(F)c1)NCc1ccccc1OC(F)F.I. The minimum atomic E-state index is -2.90. The van der Waals surface area contributed by atoms with Gasteiger partial charge in [-0.15, -0.1) is 24.0 Å². The summed E-state index contributed by atoms with van der Waals surface area (Å²) < 4.78 is 55.6. The Morgan fingerprint density at radius 1 is 1.07 bits per heavy atom. The van der Waals surface area contributed by atoms with Gasteiger partial charge >= 0.3 is 6.61 Å². The molecule has 9 heteroatoms. The van der Waals surface area contributed by atoms with Gasteiger partial charge in [-0.3, -0.25) is 4.99 Å². The normalized spacial score (nSPS) is 11.1. The van der Waals surface area contributed by atoms with Gasteiger partial charge in [0.05, 0.1) is 0 Å². The number of alkyl halides is 2. The van der Waals surface area contributed by atoms with E-state index in [9.17, 15) is 17.6 Å². The second-order valence-electron chi connectivity index (χ2n) is 5.37. The minimum absolute atomic E-state index is 0. The molecule has 2 rings (SSSR count). The summed E-state index contributed by atoms with van der Waals surface area (Å²) in [6.07, 6.45) is 0.389. The van der Waals surface area contributed by atoms with Crippen molar-refractivity contribution in [1.82, 2.24) is 10.6 Å². The summed E-state index contributed by atoms with van der Waals surface area (Å²) in [5, 5.41) is 5.97. The number of halogens is 5. The highest BCUT2D eigenvalue weighted by atomic mass is 127. The van der Waals surface area contributed by atoms with Crippen molar-refractivity contribution in [2.45, 2.75) is 19.6 Å². The third-order valence-corrected chi connectivity index (χ3v) is 3.49. The number of rotatable bonds is 7. The van der Waals surface area contributed by atoms with Gasteiger partial charge in [-0.25, -0.2) is 8.78 Å². The molecule has 4 nitrogen and oxygen atoms in total. The number of hydrogen-bond acceptors (Lipinski definition) is 2. The van der Waals surface area contributed by atoms with Gasteiger partial charge in [-0.1, -0.05) is 18.2 Å². The molecular weight excluding hydrogens is 477 g/mol. The number of nitrogens with one attached hydrogen (secondary N) is 2. The highest BCUT2D eigenvalue weighted by Crippen LogP contribution is 2.19. The molecular formula is C18H20F4IN3O. The van der Waals surface area contributed by atoms with E-state index >= 15 is 0 Å². The molecule has 0 aromatic heterocycles. The Kier molecular flexibility index (Phi) is 9.90. The van der Waals surface area contributed by atoms with Crippen molar-refractivity contribution in [3.05, 3.63) is 65.2 Å². The fourth-order valence-electron chi connectivity index (χ4n) is 2.34. The highest BCUT2D eigenvalue weighted by Gasteiger charge is 2.09. The Bertz CT molecular complexity index is 739. The summed E-state index contributed by atoms with van der Waals surface area (Å²) in [4.78, 5) is 4.02. The molecule has 148 valence electrons. The second-order valence-corrected chi connectivity index (χ2v) is 5.37. The molecule has 0 aliphatic heterocycles. The van der Waals surface area contributed by atoms with Crippen molar-refractivity contribution in [2.24, 2.45) is 4.99 Å². The summed E-state index contributed by atoms with van der Waals surface area (Å²) in [5.41, 5.74) is 1.06. The van der Waals surface area contributed by atoms with Crippen molar-refractivity contribution in [2.75, 3.05) is 13.6 Å². The van der Waals surface area contributed by atoms with Crippen molar-refractivity contribution in [3.63, 3.8) is 0 Å². The van der Waals surface area contributed by atoms with Crippen LogP contribution in [-0.2, 0) is 13.0 Å². The molecule has 2 aromatic rings. The smallest absolute Gasteiger partial charge is 0.387 e. The maximum Gasteiger partial charge on any atom is 0.387 e. The van der Waals surface area contributed by atoms with Crippen molar-refractivity contribution in [1.29, 1.82) is 0 Å². The first-order chi connectivity index (χ1) is 12.5. The maximum absolute atomic E-state index is 13.2. The van der Waals surface area contributed by atoms with E-state index in [1.165, 1.54) is 18.2 Å². The fourth-order valence-corrected chi connectivity index (χ4v) is 2.34. The molecule has 2 aromatic carbocycles. The van der Waals surface area contributed by atoms with Crippen LogP contribution < -0.4 is 15.4 Å². The van der Waals surface area contributed by atoms with Crippen LogP contribution in [0.1, 0.15) is 11.1 Å². The van der Waals surface area contributed by atoms with Gasteiger partial charge < -0.3 is 15.4 Å². The lowest BCUT2D eigenvalue weighted by atomic mass is 10.1. The molecule has 0 spiro atoms. The third kappa shape index (κ3) is 8.02. The van der Waals surface area contributed by atoms with Crippen LogP contribution in [0, 0.1) is 11.6 Å². The number of guanidine groups is 1. The number of benzene rings is 2. The molecule has 0 fully saturated rings. The summed E-state index contributed by atoms with van der Waals surface area (Å²) in [6, 6.07) is 9.77. The molecule has 0 atom stereocenters. The predicted molar refractivity (Wildman–Crippen MR) is 107 cm³/mol. The lowest BCUT2D eigenvalue weighted by Gasteiger charge is -2.14. The molecule has 0 radical (unpaired) electrons. The molecule has 0 aliphatic rings. The monoisotopic (exact) mass is 497 g/mol. The number of aliphatic imine (C=N–C) groups is 1. The first kappa shape index (κ1) is 23.0. The third-order valence-electron chi connectivity index (χ3n) is 3.49. The maximum atomic E-state index is 13.2. The molecule has 27 heavy (non-hydrogen) atoms. The van der Waals surface area contributed by atoms with E-state index < -0.39 is 18.2 Å². The Morgan fingerprint density at radius 3 is 2.37 bits per heavy atom. The van der Waals surface area contributed by atoms with Crippen LogP contribution in [0.3, 0.4) is 0 Å². The van der Waals surface area contributed by atoms with E-state index in [2.05, 4.69) is 20.4 Å². The van der Waals surface area contributed by atoms with Crippen molar-refractivity contribution < 1.29 is 22.3 Å². The van der Waals surface area contributed by atoms with Crippen molar-refractivity contribution >= 4 is 29.9 Å². The van der Waals surface area contributed by atoms with Crippen LogP contribution in [-0.4, -0.2) is 26.2 Å². The van der Waals surface area contributed by atoms with Crippen LogP contribution in [0.25, 0.3) is 0 Å². The van der Waals surface area contributed by atoms with E-state index in [4.69, 9.17) is 0 Å². The standard InChI is InChI=1S/C18H19F4N3O.HI/c1-23-18(24-7-6-12-8-14(19)10-15(20)9-12)25-11-13-4-2-3-5-16(13)26-17(21)22;/h2-5,8-10,17H,6-7,11H2,1H3,(H2,23,24,25);1H. The second kappa shape index (κ2) is 11.6. The number of ether oxygens (including phenoxy) is 1. The fraction of sp³-hybridized carbons (Fsp3) is 0.278. The van der Waals surface area contributed by atoms with E-state index in [0.29, 0.717) is 30.1 Å². The Morgan fingerprint density at radius 2 is 1.74 bits per heavy atom. The molecule has 0 saturated carbocycles. The largest absolute Gasteiger partial charge is 0.434 e. The predicted octanol–water partition coefficient (Wildman–Crippen LogP) is 4.09. The minimum Gasteiger partial charge on any atom is -0.434 e. The Hall–Kier alpha value is -2.04. The van der Waals surface area contributed by atoms with Gasteiger partial charge in [0.1, 0.15) is 17.4 Å². The molecule has 0 amide bonds. The lowest BCUT2D eigenvalue weighted by molar-refractivity contribution is -0.0504. The summed E-state index contributed by atoms with van der Waals surface area (Å²) in [6.45, 7) is -2.30. The van der Waals surface area contributed by atoms with Gasteiger partial charge in [0.2, 0.25) is 0 Å². The van der Waals surface area contributed by atoms with E-state index in [0.717, 1.165) is 6.07 Å². The van der Waals surface area contributed by atoms with E-state index in [1.54, 1.807) is 25.2 Å². The zero-order valence-electron chi connectivity index (χ0n) is 14.5. The molecule has 2 N–H and O–H groups in total. The molecule has 0 heterocycles. The zero-order chi connectivity index (χ0) is 18.9. The average molecular weight is 497 g/mol. The van der Waals surface area contributed by atoms with E-state index in [1.807, 2.05) is 0 Å². The molecule has 0 aliphatic carbocycles. The van der Waals surface area contributed by atoms with Crippen LogP contribution >= 0.6 is 24.0 Å². The quantitative estimate of drug-likeness (QED) is 0.262. The van der Waals surface area contributed by atoms with Gasteiger partial charge in [0, 0.05) is 31.8 Å². The lowest BCUT2D eigenvalue weighted by Crippen LogP contribution is -2.38. The zero-order valence-corrected chi connectivity index (χ0v) is 16.8. The van der Waals surface area contributed by atoms with E-state index in [-0.39, 0.29) is 36.3 Å². The van der Waals surface area contributed by atoms with Gasteiger partial charge in [-0.2, -0.15) is 8.78 Å². The van der Waals surface area contributed by atoms with Gasteiger partial charge in [-0.05, 0) is 30.2 Å². The summed E-state index contributed by atoms with van der Waals surface area (Å²) in [5.74, 6) is -0.745. The van der Waals surface area contributed by atoms with Crippen LogP contribution in [0.4, 0.5) is 17.6 Å². The highest BCUT2D eigenvalue weighted by molar-refractivity contribution is 14.0. The van der Waals surface area contributed by atoms with Gasteiger partial charge in [0.15, 0.2) is 5.96 Å². The first-order valence-corrected chi connectivity index (χ1v) is 7.90. The summed E-state index contributed by atoms with van der Waals surface area (Å²) >= 11 is 0. The Balaban J connectivity index is 0.00000364. The van der Waals surface area contributed by atoms with Crippen LogP contribution in [0.15, 0.2) is 47.5 Å². The molecule has 0 unspecified atom stereocenters. The van der Waals surface area contributed by atoms with Crippen LogP contribution in [0.5, 0.6) is 5.75 Å². The average Bonchev–Trinajstić information content (AvgIpc) is 2.57. The topological polar surface area (TPSA) is 45.7 Å². The molecule has 0 saturated heterocycles.